The Labute approximate surface area is 242 Å². The molecular weight excluding hydrogens is 556 g/mol. The van der Waals surface area contributed by atoms with Crippen molar-refractivity contribution in [2.75, 3.05) is 60.0 Å². The van der Waals surface area contributed by atoms with Crippen LogP contribution in [0, 0.1) is 0 Å². The largest absolute Gasteiger partial charge is 0.497 e. The van der Waals surface area contributed by atoms with E-state index in [1.54, 1.807) is 18.2 Å². The molecule has 2 aromatic rings. The van der Waals surface area contributed by atoms with Crippen LogP contribution in [0.1, 0.15) is 13.3 Å². The van der Waals surface area contributed by atoms with Gasteiger partial charge in [-0.3, -0.25) is 0 Å². The Bertz CT molecular complexity index is 1090. The lowest BCUT2D eigenvalue weighted by atomic mass is 10.3. The van der Waals surface area contributed by atoms with Gasteiger partial charge in [0.1, 0.15) is 36.4 Å². The lowest BCUT2D eigenvalue weighted by molar-refractivity contribution is -0.0946. The van der Waals surface area contributed by atoms with Crippen molar-refractivity contribution in [2.45, 2.75) is 47.6 Å². The molecule has 4 atom stereocenters. The van der Waals surface area contributed by atoms with E-state index in [-0.39, 0.29) is 56.0 Å². The van der Waals surface area contributed by atoms with Crippen LogP contribution in [0.15, 0.2) is 71.0 Å². The summed E-state index contributed by atoms with van der Waals surface area (Å²) in [6.45, 7) is 5.85. The highest BCUT2D eigenvalue weighted by molar-refractivity contribution is 7.91. The minimum Gasteiger partial charge on any atom is -0.497 e. The molecule has 2 rings (SSSR count). The normalized spacial score (nSPS) is 14.7. The average Bonchev–Trinajstić information content (AvgIpc) is 2.98. The summed E-state index contributed by atoms with van der Waals surface area (Å²) in [5.41, 5.74) is 0. The molecule has 0 heterocycles. The molecule has 0 amide bonds. The zero-order valence-corrected chi connectivity index (χ0v) is 24.4. The van der Waals surface area contributed by atoms with Gasteiger partial charge in [-0.05, 0) is 55.0 Å². The zero-order chi connectivity index (χ0) is 30.1. The third-order valence-corrected chi connectivity index (χ3v) is 7.50. The van der Waals surface area contributed by atoms with Crippen LogP contribution in [-0.2, 0) is 28.8 Å². The van der Waals surface area contributed by atoms with E-state index in [0.29, 0.717) is 24.5 Å². The first-order valence-corrected chi connectivity index (χ1v) is 14.8. The van der Waals surface area contributed by atoms with E-state index in [0.717, 1.165) is 0 Å². The molecular formula is C29H42O11S. The molecule has 0 radical (unpaired) electrons. The predicted octanol–water partition coefficient (Wildman–Crippen LogP) is 2.02. The molecule has 230 valence electrons. The van der Waals surface area contributed by atoms with Gasteiger partial charge >= 0.3 is 0 Å². The fourth-order valence-electron chi connectivity index (χ4n) is 3.36. The fourth-order valence-corrected chi connectivity index (χ4v) is 4.62. The summed E-state index contributed by atoms with van der Waals surface area (Å²) in [7, 11) is -2.22. The predicted molar refractivity (Wildman–Crippen MR) is 151 cm³/mol. The Morgan fingerprint density at radius 3 is 1.80 bits per heavy atom. The minimum atomic E-state index is -3.72. The molecule has 12 heteroatoms. The molecule has 0 fully saturated rings. The molecule has 3 N–H and O–H groups in total. The van der Waals surface area contributed by atoms with Crippen LogP contribution < -0.4 is 9.47 Å². The third kappa shape index (κ3) is 12.9. The molecule has 0 aromatic heterocycles. The van der Waals surface area contributed by atoms with Crippen LogP contribution in [0.25, 0.3) is 0 Å². The number of aliphatic hydroxyl groups excluding tert-OH is 3. The van der Waals surface area contributed by atoms with E-state index in [1.807, 2.05) is 6.92 Å². The number of rotatable bonds is 22. The summed E-state index contributed by atoms with van der Waals surface area (Å²) in [5.74, 6) is 0.960. The highest BCUT2D eigenvalue weighted by atomic mass is 32.2. The van der Waals surface area contributed by atoms with Gasteiger partial charge in [-0.1, -0.05) is 13.0 Å². The van der Waals surface area contributed by atoms with Gasteiger partial charge in [-0.15, -0.1) is 6.58 Å². The highest BCUT2D eigenvalue weighted by Crippen LogP contribution is 2.25. The van der Waals surface area contributed by atoms with Gasteiger partial charge in [-0.25, -0.2) is 8.42 Å². The topological polar surface area (TPSA) is 150 Å². The molecule has 0 aliphatic heterocycles. The van der Waals surface area contributed by atoms with Gasteiger partial charge in [0.25, 0.3) is 0 Å². The molecule has 0 saturated carbocycles. The van der Waals surface area contributed by atoms with Gasteiger partial charge in [0.2, 0.25) is 9.84 Å². The Kier molecular flexibility index (Phi) is 15.9. The van der Waals surface area contributed by atoms with Gasteiger partial charge in [0.05, 0.1) is 69.3 Å². The number of methoxy groups -OCH3 is 1. The standard InChI is InChI=1S/C29H42O11S/c1-4-14-36-16-23(31)17-38-20-27(39-19-24(32)18-37-15-22(30)5-2)21-40-26-8-12-29(13-9-26)41(33,34)28-10-6-25(35-3)7-11-28/h4,6-13,22-24,27,30-32H,1,5,14-21H2,2-3H3. The van der Waals surface area contributed by atoms with Crippen molar-refractivity contribution in [3.8, 4) is 11.5 Å². The van der Waals surface area contributed by atoms with Crippen molar-refractivity contribution in [3.05, 3.63) is 61.2 Å². The maximum absolute atomic E-state index is 12.9. The zero-order valence-electron chi connectivity index (χ0n) is 23.6. The van der Waals surface area contributed by atoms with E-state index in [1.165, 1.54) is 43.5 Å². The van der Waals surface area contributed by atoms with E-state index in [2.05, 4.69) is 6.58 Å². The number of hydrogen-bond donors (Lipinski definition) is 3. The SMILES string of the molecule is C=CCOCC(O)COCC(COc1ccc(S(=O)(=O)c2ccc(OC)cc2)cc1)OCC(O)COCC(O)CC. The molecule has 4 unspecified atom stereocenters. The maximum Gasteiger partial charge on any atom is 0.206 e. The Morgan fingerprint density at radius 1 is 0.732 bits per heavy atom. The lowest BCUT2D eigenvalue weighted by Gasteiger charge is -2.22. The summed E-state index contributed by atoms with van der Waals surface area (Å²) in [4.78, 5) is 0.247. The van der Waals surface area contributed by atoms with Crippen molar-refractivity contribution in [1.82, 2.24) is 0 Å². The maximum atomic E-state index is 12.9. The average molecular weight is 599 g/mol. The molecule has 0 bridgehead atoms. The highest BCUT2D eigenvalue weighted by Gasteiger charge is 2.19. The number of aliphatic hydroxyl groups is 3. The molecule has 2 aromatic carbocycles. The van der Waals surface area contributed by atoms with Crippen molar-refractivity contribution < 1.29 is 52.2 Å². The smallest absolute Gasteiger partial charge is 0.206 e. The molecule has 41 heavy (non-hydrogen) atoms. The van der Waals surface area contributed by atoms with Crippen molar-refractivity contribution in [1.29, 1.82) is 0 Å². The quantitative estimate of drug-likeness (QED) is 0.135. The lowest BCUT2D eigenvalue weighted by Crippen LogP contribution is -2.34. The Balaban J connectivity index is 1.94. The second-order valence-electron chi connectivity index (χ2n) is 9.19. The first kappa shape index (κ1) is 34.7. The summed E-state index contributed by atoms with van der Waals surface area (Å²) < 4.78 is 58.6. The summed E-state index contributed by atoms with van der Waals surface area (Å²) in [6, 6.07) is 12.1. The molecule has 0 aliphatic carbocycles. The van der Waals surface area contributed by atoms with Crippen molar-refractivity contribution in [2.24, 2.45) is 0 Å². The van der Waals surface area contributed by atoms with Crippen LogP contribution in [0.5, 0.6) is 11.5 Å². The number of ether oxygens (including phenoxy) is 6. The monoisotopic (exact) mass is 598 g/mol. The van der Waals surface area contributed by atoms with Crippen LogP contribution in [-0.4, -0.2) is 108 Å². The fraction of sp³-hybridized carbons (Fsp3) is 0.517. The van der Waals surface area contributed by atoms with Crippen LogP contribution in [0.3, 0.4) is 0 Å². The van der Waals surface area contributed by atoms with Gasteiger partial charge in [0.15, 0.2) is 0 Å². The first-order chi connectivity index (χ1) is 19.7. The Morgan fingerprint density at radius 2 is 1.24 bits per heavy atom. The van der Waals surface area contributed by atoms with Crippen molar-refractivity contribution >= 4 is 9.84 Å². The summed E-state index contributed by atoms with van der Waals surface area (Å²) >= 11 is 0. The van der Waals surface area contributed by atoms with Gasteiger partial charge < -0.3 is 43.7 Å². The molecule has 0 aliphatic rings. The Hall–Kier alpha value is -2.55. The van der Waals surface area contributed by atoms with E-state index in [9.17, 15) is 23.7 Å². The van der Waals surface area contributed by atoms with Gasteiger partial charge in [0, 0.05) is 0 Å². The van der Waals surface area contributed by atoms with Crippen LogP contribution >= 0.6 is 0 Å². The summed E-state index contributed by atoms with van der Waals surface area (Å²) in [6.07, 6.45) is -0.898. The van der Waals surface area contributed by atoms with Crippen molar-refractivity contribution in [3.63, 3.8) is 0 Å². The second kappa shape index (κ2) is 18.8. The molecule has 0 spiro atoms. The van der Waals surface area contributed by atoms with Gasteiger partial charge in [-0.2, -0.15) is 0 Å². The molecule has 11 nitrogen and oxygen atoms in total. The minimum absolute atomic E-state index is 0.00447. The van der Waals surface area contributed by atoms with E-state index < -0.39 is 34.3 Å². The second-order valence-corrected chi connectivity index (χ2v) is 11.1. The number of sulfone groups is 1. The number of benzene rings is 2. The number of hydrogen-bond acceptors (Lipinski definition) is 11. The third-order valence-electron chi connectivity index (χ3n) is 5.72. The summed E-state index contributed by atoms with van der Waals surface area (Å²) in [5, 5.41) is 29.8. The van der Waals surface area contributed by atoms with E-state index in [4.69, 9.17) is 28.4 Å². The van der Waals surface area contributed by atoms with Crippen LogP contribution in [0.4, 0.5) is 0 Å². The molecule has 0 saturated heterocycles. The van der Waals surface area contributed by atoms with E-state index >= 15 is 0 Å². The van der Waals surface area contributed by atoms with Crippen LogP contribution in [0.2, 0.25) is 0 Å². The first-order valence-electron chi connectivity index (χ1n) is 13.3.